The fourth-order valence-corrected chi connectivity index (χ4v) is 8.04. The van der Waals surface area contributed by atoms with Crippen molar-refractivity contribution in [1.29, 1.82) is 0 Å². The zero-order valence-corrected chi connectivity index (χ0v) is 28.1. The Kier molecular flexibility index (Phi) is 10.1. The van der Waals surface area contributed by atoms with E-state index in [1.807, 2.05) is 11.9 Å². The molecule has 0 radical (unpaired) electrons. The Bertz CT molecular complexity index is 1770. The molecule has 0 amide bonds. The van der Waals surface area contributed by atoms with Crippen molar-refractivity contribution in [2.75, 3.05) is 38.3 Å². The number of hydrogen-bond acceptors (Lipinski definition) is 9. The molecule has 16 heteroatoms. The van der Waals surface area contributed by atoms with Crippen LogP contribution in [-0.4, -0.2) is 64.7 Å². The first kappa shape index (κ1) is 34.3. The number of pyridine rings is 1. The van der Waals surface area contributed by atoms with Crippen molar-refractivity contribution in [3.8, 4) is 17.2 Å². The average Bonchev–Trinajstić information content (AvgIpc) is 3.73. The molecule has 2 atom stereocenters. The SMILES string of the molecule is CN1CCOc2ccc(S(=O)(=O)N3CCCC3C(=O)OC(Cc3c(Cl)c[n+]([O-])cc3Cl)c3ccc(OC(F)F)c(OCC4CC4)c3)cc21. The highest BCUT2D eigenvalue weighted by Gasteiger charge is 2.42. The number of sulfonamides is 1. The molecule has 1 saturated carbocycles. The van der Waals surface area contributed by atoms with Gasteiger partial charge in [-0.3, -0.25) is 4.79 Å². The van der Waals surface area contributed by atoms with Crippen molar-refractivity contribution in [3.05, 3.63) is 75.2 Å². The van der Waals surface area contributed by atoms with Gasteiger partial charge in [-0.15, -0.1) is 0 Å². The predicted molar refractivity (Wildman–Crippen MR) is 171 cm³/mol. The summed E-state index contributed by atoms with van der Waals surface area (Å²) in [4.78, 5) is 15.8. The maximum atomic E-state index is 13.9. The molecule has 1 aliphatic carbocycles. The number of alkyl halides is 2. The van der Waals surface area contributed by atoms with Crippen LogP contribution >= 0.6 is 23.2 Å². The van der Waals surface area contributed by atoms with Gasteiger partial charge in [-0.2, -0.15) is 17.8 Å². The number of carbonyl (C=O) groups is 1. The minimum absolute atomic E-state index is 0.00726. The number of aromatic nitrogens is 1. The van der Waals surface area contributed by atoms with Crippen LogP contribution < -0.4 is 23.8 Å². The average molecular weight is 729 g/mol. The van der Waals surface area contributed by atoms with E-state index in [1.54, 1.807) is 6.07 Å². The molecule has 1 aromatic heterocycles. The number of esters is 1. The highest BCUT2D eigenvalue weighted by atomic mass is 35.5. The molecular formula is C32H33Cl2F2N3O8S. The van der Waals surface area contributed by atoms with Crippen molar-refractivity contribution >= 4 is 44.9 Å². The fraction of sp³-hybridized carbons (Fsp3) is 0.438. The monoisotopic (exact) mass is 727 g/mol. The molecule has 0 N–H and O–H groups in total. The van der Waals surface area contributed by atoms with E-state index < -0.39 is 34.7 Å². The highest BCUT2D eigenvalue weighted by molar-refractivity contribution is 7.89. The number of likely N-dealkylation sites (N-methyl/N-ethyl adjacent to an activating group) is 1. The third-order valence-corrected chi connectivity index (χ3v) is 11.1. The number of halogens is 4. The Balaban J connectivity index is 1.31. The van der Waals surface area contributed by atoms with Gasteiger partial charge in [-0.1, -0.05) is 29.3 Å². The van der Waals surface area contributed by atoms with Crippen LogP contribution in [-0.2, 0) is 26.0 Å². The lowest BCUT2D eigenvalue weighted by molar-refractivity contribution is -0.605. The lowest BCUT2D eigenvalue weighted by Gasteiger charge is -2.29. The van der Waals surface area contributed by atoms with E-state index in [9.17, 15) is 27.2 Å². The lowest BCUT2D eigenvalue weighted by Crippen LogP contribution is -2.42. The fourth-order valence-electron chi connectivity index (χ4n) is 5.77. The van der Waals surface area contributed by atoms with Gasteiger partial charge in [-0.25, -0.2) is 8.42 Å². The number of ether oxygens (including phenoxy) is 4. The highest BCUT2D eigenvalue weighted by Crippen LogP contribution is 2.39. The van der Waals surface area contributed by atoms with Crippen molar-refractivity contribution in [1.82, 2.24) is 4.31 Å². The summed E-state index contributed by atoms with van der Waals surface area (Å²) in [6, 6.07) is 7.58. The van der Waals surface area contributed by atoms with Gasteiger partial charge in [0.25, 0.3) is 0 Å². The molecule has 3 heterocycles. The number of hydrogen-bond donors (Lipinski definition) is 0. The van der Waals surface area contributed by atoms with Gasteiger partial charge in [0.2, 0.25) is 10.0 Å². The van der Waals surface area contributed by atoms with Crippen molar-refractivity contribution in [3.63, 3.8) is 0 Å². The second kappa shape index (κ2) is 14.1. The van der Waals surface area contributed by atoms with Gasteiger partial charge in [0, 0.05) is 25.6 Å². The molecule has 2 aromatic carbocycles. The predicted octanol–water partition coefficient (Wildman–Crippen LogP) is 5.53. The van der Waals surface area contributed by atoms with Crippen molar-refractivity contribution < 1.29 is 45.7 Å². The van der Waals surface area contributed by atoms with Crippen LogP contribution in [0.3, 0.4) is 0 Å². The maximum absolute atomic E-state index is 13.9. The molecule has 11 nitrogen and oxygen atoms in total. The Morgan fingerprint density at radius 2 is 1.83 bits per heavy atom. The normalized spacial score (nSPS) is 18.7. The molecule has 258 valence electrons. The number of nitrogens with zero attached hydrogens (tertiary/aromatic N) is 3. The minimum Gasteiger partial charge on any atom is -0.619 e. The smallest absolute Gasteiger partial charge is 0.387 e. The van der Waals surface area contributed by atoms with E-state index in [0.29, 0.717) is 47.2 Å². The summed E-state index contributed by atoms with van der Waals surface area (Å²) in [6.07, 6.45) is 3.44. The van der Waals surface area contributed by atoms with E-state index in [1.165, 1.54) is 30.3 Å². The summed E-state index contributed by atoms with van der Waals surface area (Å²) in [5.74, 6) is -0.142. The van der Waals surface area contributed by atoms with Gasteiger partial charge >= 0.3 is 12.6 Å². The van der Waals surface area contributed by atoms with Gasteiger partial charge in [0.1, 0.15) is 34.5 Å². The molecule has 3 aromatic rings. The standard InChI is InChI=1S/C32H33Cl2F2N3O8S/c1-37-11-12-44-27-9-7-21(14-26(27)37)48(42,43)39-10-2-3-25(39)31(40)46-29(15-22-23(33)16-38(41)17-24(22)34)20-6-8-28(47-32(35)36)30(13-20)45-18-19-4-5-19/h6-9,13-14,16-17,19,25,29,32H,2-5,10-12,15,18H2,1H3. The van der Waals surface area contributed by atoms with Crippen LogP contribution in [0.5, 0.6) is 17.2 Å². The summed E-state index contributed by atoms with van der Waals surface area (Å²) in [6.45, 7) is -1.67. The number of benzene rings is 2. The maximum Gasteiger partial charge on any atom is 0.387 e. The van der Waals surface area contributed by atoms with Crippen LogP contribution in [0, 0.1) is 11.1 Å². The molecule has 2 unspecified atom stereocenters. The summed E-state index contributed by atoms with van der Waals surface area (Å²) < 4.78 is 78.0. The summed E-state index contributed by atoms with van der Waals surface area (Å²) >= 11 is 12.7. The second-order valence-corrected chi connectivity index (χ2v) is 14.6. The zero-order chi connectivity index (χ0) is 34.2. The Morgan fingerprint density at radius 1 is 1.08 bits per heavy atom. The quantitative estimate of drug-likeness (QED) is 0.135. The van der Waals surface area contributed by atoms with Gasteiger partial charge in [0.05, 0.1) is 23.7 Å². The van der Waals surface area contributed by atoms with Crippen LogP contribution in [0.2, 0.25) is 10.0 Å². The Hall–Kier alpha value is -3.59. The van der Waals surface area contributed by atoms with Crippen LogP contribution in [0.25, 0.3) is 0 Å². The third-order valence-electron chi connectivity index (χ3n) is 8.54. The van der Waals surface area contributed by atoms with E-state index in [2.05, 4.69) is 4.74 Å². The molecule has 0 bridgehead atoms. The van der Waals surface area contributed by atoms with Crippen LogP contribution in [0.15, 0.2) is 53.7 Å². The molecule has 3 aliphatic rings. The minimum atomic E-state index is -4.14. The zero-order valence-electron chi connectivity index (χ0n) is 25.8. The van der Waals surface area contributed by atoms with E-state index >= 15 is 0 Å². The molecule has 48 heavy (non-hydrogen) atoms. The Morgan fingerprint density at radius 3 is 2.54 bits per heavy atom. The number of carbonyl (C=O) groups excluding carboxylic acids is 1. The molecule has 1 saturated heterocycles. The van der Waals surface area contributed by atoms with E-state index in [0.717, 1.165) is 29.5 Å². The van der Waals surface area contributed by atoms with Crippen LogP contribution in [0.4, 0.5) is 14.5 Å². The Labute approximate surface area is 286 Å². The number of fused-ring (bicyclic) bond motifs is 1. The molecule has 2 aliphatic heterocycles. The van der Waals surface area contributed by atoms with Crippen LogP contribution in [0.1, 0.15) is 42.9 Å². The first-order chi connectivity index (χ1) is 22.9. The second-order valence-electron chi connectivity index (χ2n) is 11.9. The summed E-state index contributed by atoms with van der Waals surface area (Å²) in [5.41, 5.74) is 1.23. The third kappa shape index (κ3) is 7.51. The van der Waals surface area contributed by atoms with E-state index in [4.69, 9.17) is 37.4 Å². The van der Waals surface area contributed by atoms with Gasteiger partial charge in [0.15, 0.2) is 23.9 Å². The van der Waals surface area contributed by atoms with Gasteiger partial charge < -0.3 is 29.1 Å². The number of rotatable bonds is 12. The first-order valence-corrected chi connectivity index (χ1v) is 17.6. The topological polar surface area (TPSA) is 122 Å². The largest absolute Gasteiger partial charge is 0.619 e. The molecule has 2 fully saturated rings. The van der Waals surface area contributed by atoms with Gasteiger partial charge in [-0.05, 0) is 67.5 Å². The lowest BCUT2D eigenvalue weighted by atomic mass is 10.0. The molecule has 0 spiro atoms. The van der Waals surface area contributed by atoms with Crippen molar-refractivity contribution in [2.45, 2.75) is 55.8 Å². The summed E-state index contributed by atoms with van der Waals surface area (Å²) in [5, 5.41) is 11.9. The molecule has 6 rings (SSSR count). The first-order valence-electron chi connectivity index (χ1n) is 15.4. The van der Waals surface area contributed by atoms with Crippen molar-refractivity contribution in [2.24, 2.45) is 5.92 Å². The summed E-state index contributed by atoms with van der Waals surface area (Å²) in [7, 11) is -2.30. The van der Waals surface area contributed by atoms with E-state index in [-0.39, 0.29) is 58.0 Å². The molecular weight excluding hydrogens is 695 g/mol. The number of anilines is 1.